The third kappa shape index (κ3) is 3.87. The van der Waals surface area contributed by atoms with Gasteiger partial charge in [0.15, 0.2) is 11.2 Å². The van der Waals surface area contributed by atoms with Crippen molar-refractivity contribution in [2.24, 2.45) is 0 Å². The largest absolute Gasteiger partial charge is 0.430 e. The molecule has 0 bridgehead atoms. The highest BCUT2D eigenvalue weighted by atomic mass is 32.2. The van der Waals surface area contributed by atoms with Gasteiger partial charge in [-0.3, -0.25) is 4.79 Å². The van der Waals surface area contributed by atoms with Gasteiger partial charge in [0.25, 0.3) is 5.22 Å². The quantitative estimate of drug-likeness (QED) is 0.619. The Labute approximate surface area is 161 Å². The van der Waals surface area contributed by atoms with E-state index >= 15 is 0 Å². The van der Waals surface area contributed by atoms with Crippen LogP contribution in [0.1, 0.15) is 13.3 Å². The van der Waals surface area contributed by atoms with Gasteiger partial charge in [-0.2, -0.15) is 4.98 Å². The summed E-state index contributed by atoms with van der Waals surface area (Å²) in [7, 11) is 0. The Bertz CT molecular complexity index is 877. The van der Waals surface area contributed by atoms with Crippen molar-refractivity contribution in [1.29, 1.82) is 0 Å². The third-order valence-electron chi connectivity index (χ3n) is 4.46. The van der Waals surface area contributed by atoms with Crippen molar-refractivity contribution in [3.8, 4) is 0 Å². The number of hydrogen-bond donors (Lipinski definition) is 0. The summed E-state index contributed by atoms with van der Waals surface area (Å²) in [5, 5.41) is 0.262. The van der Waals surface area contributed by atoms with E-state index in [1.807, 2.05) is 17.9 Å². The van der Waals surface area contributed by atoms with Crippen LogP contribution in [0.5, 0.6) is 0 Å². The van der Waals surface area contributed by atoms with Crippen LogP contribution in [0.3, 0.4) is 0 Å². The highest BCUT2D eigenvalue weighted by Crippen LogP contribution is 2.29. The summed E-state index contributed by atoms with van der Waals surface area (Å²) < 4.78 is 5.71. The Morgan fingerprint density at radius 3 is 2.59 bits per heavy atom. The van der Waals surface area contributed by atoms with Crippen LogP contribution in [0.4, 0.5) is 5.95 Å². The molecule has 1 fully saturated rings. The van der Waals surface area contributed by atoms with E-state index < -0.39 is 0 Å². The van der Waals surface area contributed by atoms with Crippen molar-refractivity contribution >= 4 is 34.8 Å². The molecule has 3 aromatic heterocycles. The van der Waals surface area contributed by atoms with E-state index in [0.29, 0.717) is 41.9 Å². The predicted molar refractivity (Wildman–Crippen MR) is 103 cm³/mol. The SMILES string of the molecule is CCC(Sc1nc2ncccc2o1)C(=O)N1CCN(c2ncccn2)CC1. The number of rotatable bonds is 5. The number of pyridine rings is 1. The van der Waals surface area contributed by atoms with Crippen LogP contribution in [0, 0.1) is 0 Å². The van der Waals surface area contributed by atoms with E-state index in [4.69, 9.17) is 4.42 Å². The molecule has 8 nitrogen and oxygen atoms in total. The number of thioether (sulfide) groups is 1. The molecule has 1 amide bonds. The number of hydrogen-bond acceptors (Lipinski definition) is 8. The molecule has 1 aliphatic rings. The lowest BCUT2D eigenvalue weighted by Crippen LogP contribution is -2.51. The Balaban J connectivity index is 1.39. The van der Waals surface area contributed by atoms with Gasteiger partial charge in [-0.05, 0) is 24.6 Å². The molecule has 140 valence electrons. The van der Waals surface area contributed by atoms with Gasteiger partial charge in [0.1, 0.15) is 0 Å². The Morgan fingerprint density at radius 1 is 1.15 bits per heavy atom. The summed E-state index contributed by atoms with van der Waals surface area (Å²) in [6.07, 6.45) is 5.85. The molecule has 3 aromatic rings. The minimum Gasteiger partial charge on any atom is -0.430 e. The van der Waals surface area contributed by atoms with Gasteiger partial charge in [-0.25, -0.2) is 15.0 Å². The van der Waals surface area contributed by atoms with E-state index in [1.54, 1.807) is 30.7 Å². The van der Waals surface area contributed by atoms with E-state index in [9.17, 15) is 4.79 Å². The Kier molecular flexibility index (Phi) is 5.19. The maximum absolute atomic E-state index is 13.0. The lowest BCUT2D eigenvalue weighted by Gasteiger charge is -2.36. The maximum atomic E-state index is 13.0. The zero-order valence-electron chi connectivity index (χ0n) is 15.0. The van der Waals surface area contributed by atoms with Gasteiger partial charge in [0.2, 0.25) is 11.9 Å². The first kappa shape index (κ1) is 17.7. The molecule has 0 aromatic carbocycles. The number of amides is 1. The highest BCUT2D eigenvalue weighted by Gasteiger charge is 2.29. The monoisotopic (exact) mass is 384 g/mol. The zero-order chi connectivity index (χ0) is 18.6. The normalized spacial score (nSPS) is 15.9. The maximum Gasteiger partial charge on any atom is 0.259 e. The van der Waals surface area contributed by atoms with Crippen LogP contribution >= 0.6 is 11.8 Å². The number of nitrogens with zero attached hydrogens (tertiary/aromatic N) is 6. The van der Waals surface area contributed by atoms with Crippen LogP contribution in [0.25, 0.3) is 11.2 Å². The van der Waals surface area contributed by atoms with Crippen molar-refractivity contribution in [2.45, 2.75) is 23.8 Å². The van der Waals surface area contributed by atoms with E-state index in [0.717, 1.165) is 13.1 Å². The Morgan fingerprint density at radius 2 is 1.89 bits per heavy atom. The average molecular weight is 384 g/mol. The fourth-order valence-electron chi connectivity index (χ4n) is 3.01. The first-order valence-electron chi connectivity index (χ1n) is 8.93. The molecule has 1 saturated heterocycles. The first-order valence-corrected chi connectivity index (χ1v) is 9.81. The van der Waals surface area contributed by atoms with Gasteiger partial charge >= 0.3 is 0 Å². The van der Waals surface area contributed by atoms with Crippen LogP contribution < -0.4 is 4.90 Å². The minimum absolute atomic E-state index is 0.117. The third-order valence-corrected chi connectivity index (χ3v) is 5.66. The number of anilines is 1. The summed E-state index contributed by atoms with van der Waals surface area (Å²) >= 11 is 1.37. The van der Waals surface area contributed by atoms with E-state index in [-0.39, 0.29) is 11.2 Å². The van der Waals surface area contributed by atoms with Crippen molar-refractivity contribution in [1.82, 2.24) is 24.8 Å². The molecule has 4 rings (SSSR count). The standard InChI is InChI=1S/C18H20N6O2S/c1-2-14(27-18-22-15-13(26-18)5-3-6-19-15)16(25)23-9-11-24(12-10-23)17-20-7-4-8-21-17/h3-8,14H,2,9-12H2,1H3. The second-order valence-corrected chi connectivity index (χ2v) is 7.33. The minimum atomic E-state index is -0.224. The van der Waals surface area contributed by atoms with Gasteiger partial charge in [-0.15, -0.1) is 0 Å². The molecule has 1 unspecified atom stereocenters. The van der Waals surface area contributed by atoms with Gasteiger partial charge in [-0.1, -0.05) is 18.7 Å². The van der Waals surface area contributed by atoms with E-state index in [2.05, 4.69) is 24.8 Å². The fraction of sp³-hybridized carbons (Fsp3) is 0.389. The van der Waals surface area contributed by atoms with Crippen LogP contribution in [-0.2, 0) is 4.79 Å². The van der Waals surface area contributed by atoms with Gasteiger partial charge < -0.3 is 14.2 Å². The lowest BCUT2D eigenvalue weighted by molar-refractivity contribution is -0.130. The van der Waals surface area contributed by atoms with E-state index in [1.165, 1.54) is 11.8 Å². The van der Waals surface area contributed by atoms with Crippen molar-refractivity contribution in [3.63, 3.8) is 0 Å². The number of oxazole rings is 1. The average Bonchev–Trinajstić information content (AvgIpc) is 3.15. The zero-order valence-corrected chi connectivity index (χ0v) is 15.8. The van der Waals surface area contributed by atoms with Crippen molar-refractivity contribution in [3.05, 3.63) is 36.8 Å². The molecule has 0 N–H and O–H groups in total. The number of fused-ring (bicyclic) bond motifs is 1. The predicted octanol–water partition coefficient (Wildman–Crippen LogP) is 2.23. The van der Waals surface area contributed by atoms with Crippen LogP contribution in [0.2, 0.25) is 0 Å². The van der Waals surface area contributed by atoms with Crippen LogP contribution in [0.15, 0.2) is 46.4 Å². The summed E-state index contributed by atoms with van der Waals surface area (Å²) in [6.45, 7) is 4.77. The molecule has 1 aliphatic heterocycles. The smallest absolute Gasteiger partial charge is 0.259 e. The summed E-state index contributed by atoms with van der Waals surface area (Å²) in [6, 6.07) is 5.43. The molecule has 0 spiro atoms. The van der Waals surface area contributed by atoms with Crippen molar-refractivity contribution in [2.75, 3.05) is 31.1 Å². The second kappa shape index (κ2) is 7.91. The number of piperazine rings is 1. The fourth-order valence-corrected chi connectivity index (χ4v) is 3.95. The number of aromatic nitrogens is 4. The molecule has 0 radical (unpaired) electrons. The molecule has 9 heteroatoms. The molecular weight excluding hydrogens is 364 g/mol. The van der Waals surface area contributed by atoms with Crippen LogP contribution in [-0.4, -0.2) is 62.2 Å². The van der Waals surface area contributed by atoms with Crippen molar-refractivity contribution < 1.29 is 9.21 Å². The summed E-state index contributed by atoms with van der Waals surface area (Å²) in [5.41, 5.74) is 1.21. The van der Waals surface area contributed by atoms with Gasteiger partial charge in [0, 0.05) is 44.8 Å². The molecule has 4 heterocycles. The molecule has 0 saturated carbocycles. The lowest BCUT2D eigenvalue weighted by atomic mass is 10.2. The first-order chi connectivity index (χ1) is 13.2. The molecule has 1 atom stereocenters. The molecular formula is C18H20N6O2S. The summed E-state index contributed by atoms with van der Waals surface area (Å²) in [4.78, 5) is 34.1. The highest BCUT2D eigenvalue weighted by molar-refractivity contribution is 8.00. The topological polar surface area (TPSA) is 88.3 Å². The second-order valence-electron chi connectivity index (χ2n) is 6.18. The number of carbonyl (C=O) groups excluding carboxylic acids is 1. The Hall–Kier alpha value is -2.68. The molecule has 0 aliphatic carbocycles. The summed E-state index contributed by atoms with van der Waals surface area (Å²) in [5.74, 6) is 0.830. The number of carbonyl (C=O) groups is 1. The molecule has 27 heavy (non-hydrogen) atoms. The van der Waals surface area contributed by atoms with Gasteiger partial charge in [0.05, 0.1) is 5.25 Å².